The van der Waals surface area contributed by atoms with Crippen LogP contribution in [-0.4, -0.2) is 19.6 Å². The Morgan fingerprint density at radius 3 is 2.39 bits per heavy atom. The van der Waals surface area contributed by atoms with Crippen LogP contribution in [0.2, 0.25) is 0 Å². The molecule has 1 aromatic carbocycles. The molecule has 0 amide bonds. The van der Waals surface area contributed by atoms with E-state index in [4.69, 9.17) is 0 Å². The van der Waals surface area contributed by atoms with E-state index in [2.05, 4.69) is 45.9 Å². The van der Waals surface area contributed by atoms with Crippen LogP contribution in [0.3, 0.4) is 0 Å². The molecule has 1 aliphatic rings. The molecule has 2 rings (SSSR count). The summed E-state index contributed by atoms with van der Waals surface area (Å²) in [5, 5.41) is 0. The number of hydrogen-bond acceptors (Lipinski definition) is 1. The van der Waals surface area contributed by atoms with Gasteiger partial charge >= 0.3 is 116 Å². The van der Waals surface area contributed by atoms with Crippen molar-refractivity contribution in [1.29, 1.82) is 0 Å². The Kier molecular flexibility index (Phi) is 3.79. The molecule has 2 atom stereocenters. The van der Waals surface area contributed by atoms with Crippen molar-refractivity contribution in [2.75, 3.05) is 0 Å². The molecule has 0 spiro atoms. The molecular weight excluding hydrogens is 287 g/mol. The quantitative estimate of drug-likeness (QED) is 0.617. The van der Waals surface area contributed by atoms with Gasteiger partial charge in [-0.25, -0.2) is 0 Å². The van der Waals surface area contributed by atoms with Crippen LogP contribution in [0.15, 0.2) is 42.0 Å². The van der Waals surface area contributed by atoms with Crippen LogP contribution in [0.25, 0.3) is 0 Å². The second-order valence-electron chi connectivity index (χ2n) is 5.80. The zero-order valence-electron chi connectivity index (χ0n) is 11.4. The molecule has 18 heavy (non-hydrogen) atoms. The van der Waals surface area contributed by atoms with Gasteiger partial charge in [0, 0.05) is 0 Å². The third-order valence-corrected chi connectivity index (χ3v) is 5.66. The van der Waals surface area contributed by atoms with Gasteiger partial charge in [-0.15, -0.1) is 0 Å². The fourth-order valence-electron chi connectivity index (χ4n) is 2.47. The predicted octanol–water partition coefficient (Wildman–Crippen LogP) is 2.78. The molecule has 1 fully saturated rings. The summed E-state index contributed by atoms with van der Waals surface area (Å²) in [7, 11) is 0. The number of hydrogen-bond donors (Lipinski definition) is 0. The number of allylic oxidation sites excluding steroid dienone is 2. The molecule has 1 aliphatic carbocycles. The first kappa shape index (κ1) is 13.6. The predicted molar refractivity (Wildman–Crippen MR) is 77.0 cm³/mol. The van der Waals surface area contributed by atoms with Crippen LogP contribution in [0, 0.1) is 17.3 Å². The van der Waals surface area contributed by atoms with Crippen LogP contribution < -0.4 is 4.46 Å². The number of carbonyl (C=O) groups excluding carboxylic acids is 1. The van der Waals surface area contributed by atoms with Gasteiger partial charge in [0.1, 0.15) is 0 Å². The molecule has 96 valence electrons. The van der Waals surface area contributed by atoms with Crippen LogP contribution in [-0.2, 0) is 4.79 Å². The first-order chi connectivity index (χ1) is 8.43. The molecule has 0 radical (unpaired) electrons. The summed E-state index contributed by atoms with van der Waals surface area (Å²) in [5.74, 6) is 0.674. The summed E-state index contributed by atoms with van der Waals surface area (Å²) in [5.41, 5.74) is 1.47. The molecule has 0 aromatic heterocycles. The molecule has 0 saturated heterocycles. The molecular formula is C16H20OSe. The van der Waals surface area contributed by atoms with Crippen molar-refractivity contribution in [3.05, 3.63) is 42.0 Å². The first-order valence-electron chi connectivity index (χ1n) is 6.34. The molecule has 1 aromatic rings. The van der Waals surface area contributed by atoms with Crippen molar-refractivity contribution in [1.82, 2.24) is 0 Å². The molecule has 1 nitrogen and oxygen atoms in total. The minimum absolute atomic E-state index is 0.0343. The standard InChI is InChI=1S/C16H20OSe/c1-11(2)10-13-14(16(13,3)4)15(17)18-12-8-6-5-7-9-12/h5-10,13-14H,1-4H3. The Morgan fingerprint density at radius 2 is 1.83 bits per heavy atom. The third-order valence-electron chi connectivity index (χ3n) is 3.64. The number of rotatable bonds is 4. The third kappa shape index (κ3) is 2.76. The fraction of sp³-hybridized carbons (Fsp3) is 0.438. The topological polar surface area (TPSA) is 17.1 Å². The molecule has 0 N–H and O–H groups in total. The average molecular weight is 307 g/mol. The van der Waals surface area contributed by atoms with E-state index in [9.17, 15) is 4.79 Å². The molecule has 0 heterocycles. The van der Waals surface area contributed by atoms with Crippen LogP contribution in [0.1, 0.15) is 27.7 Å². The molecule has 2 unspecified atom stereocenters. The zero-order chi connectivity index (χ0) is 13.3. The maximum atomic E-state index is 12.4. The van der Waals surface area contributed by atoms with Gasteiger partial charge in [0.15, 0.2) is 0 Å². The SMILES string of the molecule is CC(C)=CC1C(C(=O)[Se]c2ccccc2)C1(C)C. The van der Waals surface area contributed by atoms with Crippen molar-refractivity contribution in [3.8, 4) is 0 Å². The maximum absolute atomic E-state index is 12.4. The van der Waals surface area contributed by atoms with E-state index in [0.29, 0.717) is 10.6 Å². The Labute approximate surface area is 116 Å². The van der Waals surface area contributed by atoms with Crippen molar-refractivity contribution in [2.24, 2.45) is 17.3 Å². The molecule has 1 saturated carbocycles. The van der Waals surface area contributed by atoms with E-state index < -0.39 is 0 Å². The average Bonchev–Trinajstić information content (AvgIpc) is 2.80. The van der Waals surface area contributed by atoms with Crippen molar-refractivity contribution in [2.45, 2.75) is 27.7 Å². The van der Waals surface area contributed by atoms with Crippen LogP contribution >= 0.6 is 0 Å². The fourth-order valence-corrected chi connectivity index (χ4v) is 4.78. The summed E-state index contributed by atoms with van der Waals surface area (Å²) in [4.78, 5) is 12.4. The Morgan fingerprint density at radius 1 is 1.22 bits per heavy atom. The van der Waals surface area contributed by atoms with E-state index in [1.54, 1.807) is 0 Å². The molecule has 0 aliphatic heterocycles. The molecule has 2 heteroatoms. The summed E-state index contributed by atoms with van der Waals surface area (Å²) in [6, 6.07) is 10.1. The van der Waals surface area contributed by atoms with Crippen LogP contribution in [0.5, 0.6) is 0 Å². The Bertz CT molecular complexity index is 469. The van der Waals surface area contributed by atoms with Crippen molar-refractivity contribution in [3.63, 3.8) is 0 Å². The normalized spacial score (nSPS) is 24.4. The minimum atomic E-state index is -0.0343. The summed E-state index contributed by atoms with van der Waals surface area (Å²) < 4.78 is 1.63. The van der Waals surface area contributed by atoms with E-state index in [-0.39, 0.29) is 26.3 Å². The first-order valence-corrected chi connectivity index (χ1v) is 8.06. The van der Waals surface area contributed by atoms with Gasteiger partial charge in [-0.05, 0) is 0 Å². The van der Waals surface area contributed by atoms with Gasteiger partial charge in [0.25, 0.3) is 0 Å². The number of benzene rings is 1. The van der Waals surface area contributed by atoms with Crippen LogP contribution in [0.4, 0.5) is 0 Å². The summed E-state index contributed by atoms with van der Waals surface area (Å²) in [6.07, 6.45) is 2.27. The zero-order valence-corrected chi connectivity index (χ0v) is 13.1. The van der Waals surface area contributed by atoms with Gasteiger partial charge < -0.3 is 0 Å². The second-order valence-corrected chi connectivity index (χ2v) is 8.06. The van der Waals surface area contributed by atoms with Gasteiger partial charge in [-0.3, -0.25) is 0 Å². The summed E-state index contributed by atoms with van der Waals surface area (Å²) >= 11 is -0.0343. The van der Waals surface area contributed by atoms with Gasteiger partial charge in [0.05, 0.1) is 0 Å². The van der Waals surface area contributed by atoms with E-state index in [1.807, 2.05) is 18.2 Å². The Balaban J connectivity index is 2.05. The van der Waals surface area contributed by atoms with E-state index >= 15 is 0 Å². The van der Waals surface area contributed by atoms with E-state index in [0.717, 1.165) is 0 Å². The van der Waals surface area contributed by atoms with Crippen molar-refractivity contribution < 1.29 is 4.79 Å². The Hall–Kier alpha value is -0.851. The van der Waals surface area contributed by atoms with E-state index in [1.165, 1.54) is 10.0 Å². The van der Waals surface area contributed by atoms with Crippen molar-refractivity contribution >= 4 is 24.1 Å². The monoisotopic (exact) mass is 308 g/mol. The number of carbonyl (C=O) groups is 1. The van der Waals surface area contributed by atoms with Gasteiger partial charge in [-0.2, -0.15) is 0 Å². The summed E-state index contributed by atoms with van der Waals surface area (Å²) in [6.45, 7) is 8.64. The second kappa shape index (κ2) is 5.03. The van der Waals surface area contributed by atoms with Gasteiger partial charge in [0.2, 0.25) is 0 Å². The van der Waals surface area contributed by atoms with Gasteiger partial charge in [-0.1, -0.05) is 0 Å². The molecule has 0 bridgehead atoms.